The predicted octanol–water partition coefficient (Wildman–Crippen LogP) is 3.45. The first kappa shape index (κ1) is 24.0. The molecule has 0 spiro atoms. The molecule has 2 aliphatic rings. The highest BCUT2D eigenvalue weighted by Gasteiger charge is 2.27. The molecule has 0 unspecified atom stereocenters. The van der Waals surface area contributed by atoms with Gasteiger partial charge in [-0.25, -0.2) is 9.78 Å². The molecular formula is C24H31N5O4S. The highest BCUT2D eigenvalue weighted by atomic mass is 32.1. The van der Waals surface area contributed by atoms with Crippen LogP contribution in [0.4, 0.5) is 16.2 Å². The molecule has 10 heteroatoms. The summed E-state index contributed by atoms with van der Waals surface area (Å²) in [6.07, 6.45) is 4.53. The van der Waals surface area contributed by atoms with Crippen molar-refractivity contribution in [2.45, 2.75) is 38.0 Å². The molecule has 2 saturated heterocycles. The topological polar surface area (TPSA) is 104 Å². The number of nitrogens with zero attached hydrogens (tertiary/aromatic N) is 3. The molecular weight excluding hydrogens is 454 g/mol. The largest absolute Gasteiger partial charge is 0.453 e. The molecule has 2 fully saturated rings. The van der Waals surface area contributed by atoms with E-state index in [1.807, 2.05) is 23.6 Å². The zero-order valence-corrected chi connectivity index (χ0v) is 20.2. The maximum atomic E-state index is 13.0. The Bertz CT molecular complexity index is 1010. The number of likely N-dealkylation sites (tertiary alicyclic amines) is 1. The van der Waals surface area contributed by atoms with Crippen LogP contribution in [0.25, 0.3) is 0 Å². The van der Waals surface area contributed by atoms with Crippen LogP contribution in [-0.2, 0) is 9.53 Å². The van der Waals surface area contributed by atoms with Gasteiger partial charge in [-0.05, 0) is 44.2 Å². The first-order valence-corrected chi connectivity index (χ1v) is 12.6. The van der Waals surface area contributed by atoms with Crippen LogP contribution in [0, 0.1) is 0 Å². The Labute approximate surface area is 203 Å². The number of aromatic nitrogens is 1. The lowest BCUT2D eigenvalue weighted by molar-refractivity contribution is -0.131. The maximum absolute atomic E-state index is 13.0. The Morgan fingerprint density at radius 1 is 1.09 bits per heavy atom. The number of methoxy groups -OCH3 is 1. The molecule has 2 aromatic rings. The van der Waals surface area contributed by atoms with E-state index < -0.39 is 6.09 Å². The Kier molecular flexibility index (Phi) is 7.99. The molecule has 4 rings (SSSR count). The molecule has 3 amide bonds. The van der Waals surface area contributed by atoms with Crippen molar-refractivity contribution in [1.82, 2.24) is 15.2 Å². The fourth-order valence-electron chi connectivity index (χ4n) is 4.46. The summed E-state index contributed by atoms with van der Waals surface area (Å²) in [5, 5.41) is 8.22. The van der Waals surface area contributed by atoms with Crippen LogP contribution in [0.1, 0.15) is 53.5 Å². The monoisotopic (exact) mass is 485 g/mol. The van der Waals surface area contributed by atoms with E-state index in [0.29, 0.717) is 18.8 Å². The molecule has 0 radical (unpaired) electrons. The standard InChI is InChI=1S/C24H31N5O4S/c1-33-24(32)25-15-21(30)29-13-9-17(10-14-29)23-27-19(16-34-23)22(31)26-18-7-3-4-8-20(18)28-11-5-2-6-12-28/h3-4,7-8,16-17H,2,5-6,9-15H2,1H3,(H,25,32)(H,26,31). The van der Waals surface area contributed by atoms with Crippen molar-refractivity contribution in [2.24, 2.45) is 0 Å². The smallest absolute Gasteiger partial charge is 0.407 e. The van der Waals surface area contributed by atoms with Crippen molar-refractivity contribution >= 4 is 40.6 Å². The minimum atomic E-state index is -0.615. The van der Waals surface area contributed by atoms with Crippen LogP contribution < -0.4 is 15.5 Å². The lowest BCUT2D eigenvalue weighted by Gasteiger charge is -2.31. The molecule has 182 valence electrons. The Balaban J connectivity index is 1.32. The zero-order valence-electron chi connectivity index (χ0n) is 19.4. The van der Waals surface area contributed by atoms with Crippen LogP contribution >= 0.6 is 11.3 Å². The van der Waals surface area contributed by atoms with Crippen LogP contribution in [0.5, 0.6) is 0 Å². The van der Waals surface area contributed by atoms with Crippen LogP contribution in [0.15, 0.2) is 29.6 Å². The predicted molar refractivity (Wildman–Crippen MR) is 132 cm³/mol. The number of rotatable bonds is 6. The second kappa shape index (κ2) is 11.3. The van der Waals surface area contributed by atoms with Gasteiger partial charge >= 0.3 is 6.09 Å². The number of hydrogen-bond acceptors (Lipinski definition) is 7. The Morgan fingerprint density at radius 2 is 1.82 bits per heavy atom. The summed E-state index contributed by atoms with van der Waals surface area (Å²) in [5.74, 6) is -0.117. The summed E-state index contributed by atoms with van der Waals surface area (Å²) in [6.45, 7) is 3.13. The molecule has 3 heterocycles. The van der Waals surface area contributed by atoms with E-state index in [0.717, 1.165) is 42.3 Å². The number of carbonyl (C=O) groups is 3. The second-order valence-electron chi connectivity index (χ2n) is 8.59. The van der Waals surface area contributed by atoms with Gasteiger partial charge in [-0.3, -0.25) is 9.59 Å². The number of nitrogens with one attached hydrogen (secondary N) is 2. The second-order valence-corrected chi connectivity index (χ2v) is 9.48. The van der Waals surface area contributed by atoms with Gasteiger partial charge in [0, 0.05) is 37.5 Å². The van der Waals surface area contributed by atoms with Gasteiger partial charge < -0.3 is 25.2 Å². The quantitative estimate of drug-likeness (QED) is 0.650. The fourth-order valence-corrected chi connectivity index (χ4v) is 5.43. The normalized spacial score (nSPS) is 16.7. The molecule has 0 atom stereocenters. The number of alkyl carbamates (subject to hydrolysis) is 1. The van der Waals surface area contributed by atoms with Gasteiger partial charge in [0.1, 0.15) is 12.2 Å². The van der Waals surface area contributed by atoms with E-state index in [2.05, 4.69) is 31.3 Å². The number of ether oxygens (including phenoxy) is 1. The minimum absolute atomic E-state index is 0.0716. The fraction of sp³-hybridized carbons (Fsp3) is 0.500. The zero-order chi connectivity index (χ0) is 23.9. The van der Waals surface area contributed by atoms with Gasteiger partial charge in [0.25, 0.3) is 5.91 Å². The van der Waals surface area contributed by atoms with E-state index in [1.54, 1.807) is 4.90 Å². The molecule has 2 aliphatic heterocycles. The molecule has 1 aromatic heterocycles. The third-order valence-corrected chi connectivity index (χ3v) is 7.38. The number of anilines is 2. The lowest BCUT2D eigenvalue weighted by atomic mass is 9.97. The summed E-state index contributed by atoms with van der Waals surface area (Å²) in [6, 6.07) is 7.94. The molecule has 1 aromatic carbocycles. The van der Waals surface area contributed by atoms with E-state index in [4.69, 9.17) is 0 Å². The van der Waals surface area contributed by atoms with Crippen LogP contribution in [0.3, 0.4) is 0 Å². The van der Waals surface area contributed by atoms with Crippen molar-refractivity contribution in [1.29, 1.82) is 0 Å². The lowest BCUT2D eigenvalue weighted by Crippen LogP contribution is -2.43. The molecule has 0 aliphatic carbocycles. The summed E-state index contributed by atoms with van der Waals surface area (Å²) in [4.78, 5) is 45.1. The summed E-state index contributed by atoms with van der Waals surface area (Å²) >= 11 is 1.49. The Morgan fingerprint density at radius 3 is 2.56 bits per heavy atom. The molecule has 0 bridgehead atoms. The van der Waals surface area contributed by atoms with Gasteiger partial charge in [0.2, 0.25) is 5.91 Å². The third kappa shape index (κ3) is 5.85. The van der Waals surface area contributed by atoms with Crippen molar-refractivity contribution in [3.8, 4) is 0 Å². The van der Waals surface area contributed by atoms with Gasteiger partial charge in [-0.1, -0.05) is 12.1 Å². The average Bonchev–Trinajstić information content (AvgIpc) is 3.38. The summed E-state index contributed by atoms with van der Waals surface area (Å²) in [5.41, 5.74) is 2.30. The van der Waals surface area contributed by atoms with E-state index in [1.165, 1.54) is 37.7 Å². The highest BCUT2D eigenvalue weighted by molar-refractivity contribution is 7.10. The summed E-state index contributed by atoms with van der Waals surface area (Å²) < 4.78 is 4.50. The summed E-state index contributed by atoms with van der Waals surface area (Å²) in [7, 11) is 1.27. The van der Waals surface area contributed by atoms with Crippen molar-refractivity contribution in [3.63, 3.8) is 0 Å². The molecule has 34 heavy (non-hydrogen) atoms. The first-order valence-electron chi connectivity index (χ1n) is 11.8. The number of hydrogen-bond donors (Lipinski definition) is 2. The van der Waals surface area contributed by atoms with Crippen LogP contribution in [0.2, 0.25) is 0 Å². The Hall–Kier alpha value is -3.14. The van der Waals surface area contributed by atoms with Crippen molar-refractivity contribution in [3.05, 3.63) is 40.3 Å². The molecule has 2 N–H and O–H groups in total. The first-order chi connectivity index (χ1) is 16.5. The minimum Gasteiger partial charge on any atom is -0.453 e. The van der Waals surface area contributed by atoms with Gasteiger partial charge in [-0.15, -0.1) is 11.3 Å². The van der Waals surface area contributed by atoms with Crippen LogP contribution in [-0.4, -0.2) is 67.6 Å². The average molecular weight is 486 g/mol. The van der Waals surface area contributed by atoms with Gasteiger partial charge in [0.15, 0.2) is 0 Å². The third-order valence-electron chi connectivity index (χ3n) is 6.37. The van der Waals surface area contributed by atoms with E-state index in [9.17, 15) is 14.4 Å². The maximum Gasteiger partial charge on any atom is 0.407 e. The van der Waals surface area contributed by atoms with Gasteiger partial charge in [-0.2, -0.15) is 0 Å². The number of piperidine rings is 2. The van der Waals surface area contributed by atoms with Crippen molar-refractivity contribution in [2.75, 3.05) is 50.1 Å². The number of para-hydroxylation sites is 2. The van der Waals surface area contributed by atoms with Gasteiger partial charge in [0.05, 0.1) is 23.5 Å². The SMILES string of the molecule is COC(=O)NCC(=O)N1CCC(c2nc(C(=O)Nc3ccccc3N3CCCCC3)cs2)CC1. The van der Waals surface area contributed by atoms with E-state index >= 15 is 0 Å². The number of benzene rings is 1. The molecule has 9 nitrogen and oxygen atoms in total. The van der Waals surface area contributed by atoms with E-state index in [-0.39, 0.29) is 24.3 Å². The van der Waals surface area contributed by atoms with Crippen molar-refractivity contribution < 1.29 is 19.1 Å². The number of carbonyl (C=O) groups excluding carboxylic acids is 3. The highest BCUT2D eigenvalue weighted by Crippen LogP contribution is 2.32. The number of amides is 3. The number of thiazole rings is 1. The molecule has 0 saturated carbocycles.